The fraction of sp³-hybridized carbons (Fsp3) is 0.172. The lowest BCUT2D eigenvalue weighted by molar-refractivity contribution is 0.107. The van der Waals surface area contributed by atoms with E-state index in [1.54, 1.807) is 0 Å². The lowest BCUT2D eigenvalue weighted by Crippen LogP contribution is -2.31. The summed E-state index contributed by atoms with van der Waals surface area (Å²) in [4.78, 5) is 2.31. The molecule has 0 aliphatic rings. The highest BCUT2D eigenvalue weighted by atomic mass is 16.5. The maximum atomic E-state index is 10.5. The van der Waals surface area contributed by atoms with Crippen molar-refractivity contribution < 1.29 is 9.84 Å². The Morgan fingerprint density at radius 2 is 1.06 bits per heavy atom. The number of rotatable bonds is 10. The van der Waals surface area contributed by atoms with Gasteiger partial charge in [0.1, 0.15) is 12.4 Å². The Kier molecular flexibility index (Phi) is 7.69. The van der Waals surface area contributed by atoms with Crippen LogP contribution in [0.25, 0.3) is 0 Å². The molecule has 4 rings (SSSR count). The van der Waals surface area contributed by atoms with Crippen LogP contribution in [0.15, 0.2) is 115 Å². The van der Waals surface area contributed by atoms with Gasteiger partial charge < -0.3 is 9.84 Å². The SMILES string of the molecule is OCC(c1ccccc1OCc1ccccc1)N(Cc1ccccc1)Cc1ccccc1. The highest BCUT2D eigenvalue weighted by Gasteiger charge is 2.23. The highest BCUT2D eigenvalue weighted by molar-refractivity contribution is 5.37. The van der Waals surface area contributed by atoms with Gasteiger partial charge in [-0.05, 0) is 22.8 Å². The lowest BCUT2D eigenvalue weighted by Gasteiger charge is -2.32. The van der Waals surface area contributed by atoms with Crippen molar-refractivity contribution in [1.82, 2.24) is 4.90 Å². The average molecular weight is 424 g/mol. The van der Waals surface area contributed by atoms with Gasteiger partial charge >= 0.3 is 0 Å². The molecular weight excluding hydrogens is 394 g/mol. The van der Waals surface area contributed by atoms with Crippen LogP contribution in [0.3, 0.4) is 0 Å². The van der Waals surface area contributed by atoms with E-state index in [0.717, 1.165) is 30.0 Å². The smallest absolute Gasteiger partial charge is 0.124 e. The second kappa shape index (κ2) is 11.3. The van der Waals surface area contributed by atoms with Gasteiger partial charge in [-0.2, -0.15) is 0 Å². The van der Waals surface area contributed by atoms with Crippen LogP contribution >= 0.6 is 0 Å². The molecule has 0 bridgehead atoms. The second-order valence-electron chi connectivity index (χ2n) is 7.89. The normalized spacial score (nSPS) is 11.9. The summed E-state index contributed by atoms with van der Waals surface area (Å²) >= 11 is 0. The molecule has 0 amide bonds. The fourth-order valence-electron chi connectivity index (χ4n) is 3.95. The van der Waals surface area contributed by atoms with Crippen LogP contribution in [0.2, 0.25) is 0 Å². The Balaban J connectivity index is 1.61. The molecule has 3 heteroatoms. The molecule has 0 aliphatic carbocycles. The van der Waals surface area contributed by atoms with E-state index in [1.807, 2.05) is 48.5 Å². The van der Waals surface area contributed by atoms with Crippen LogP contribution in [-0.2, 0) is 19.7 Å². The van der Waals surface area contributed by atoms with Crippen LogP contribution in [0.4, 0.5) is 0 Å². The first-order valence-electron chi connectivity index (χ1n) is 11.0. The van der Waals surface area contributed by atoms with E-state index < -0.39 is 0 Å². The number of para-hydroxylation sites is 1. The summed E-state index contributed by atoms with van der Waals surface area (Å²) in [6.07, 6.45) is 0. The van der Waals surface area contributed by atoms with E-state index in [0.29, 0.717) is 6.61 Å². The topological polar surface area (TPSA) is 32.7 Å². The van der Waals surface area contributed by atoms with Gasteiger partial charge in [-0.1, -0.05) is 109 Å². The summed E-state index contributed by atoms with van der Waals surface area (Å²) in [6.45, 7) is 1.96. The molecule has 0 aliphatic heterocycles. The largest absolute Gasteiger partial charge is 0.489 e. The molecule has 0 spiro atoms. The van der Waals surface area contributed by atoms with Gasteiger partial charge in [0.2, 0.25) is 0 Å². The summed E-state index contributed by atoms with van der Waals surface area (Å²) in [6, 6.07) is 38.8. The van der Waals surface area contributed by atoms with Crippen molar-refractivity contribution in [2.45, 2.75) is 25.7 Å². The van der Waals surface area contributed by atoms with Crippen LogP contribution in [0.5, 0.6) is 5.75 Å². The maximum Gasteiger partial charge on any atom is 0.124 e. The Morgan fingerprint density at radius 3 is 1.59 bits per heavy atom. The number of aliphatic hydroxyl groups excluding tert-OH is 1. The third-order valence-corrected chi connectivity index (χ3v) is 5.59. The first-order valence-corrected chi connectivity index (χ1v) is 11.0. The first kappa shape index (κ1) is 21.8. The molecule has 4 aromatic rings. The molecule has 3 nitrogen and oxygen atoms in total. The Morgan fingerprint density at radius 1 is 0.594 bits per heavy atom. The third kappa shape index (κ3) is 5.85. The van der Waals surface area contributed by atoms with E-state index in [9.17, 15) is 5.11 Å². The highest BCUT2D eigenvalue weighted by Crippen LogP contribution is 2.32. The fourth-order valence-corrected chi connectivity index (χ4v) is 3.95. The van der Waals surface area contributed by atoms with E-state index in [1.165, 1.54) is 11.1 Å². The molecule has 0 saturated heterocycles. The Bertz CT molecular complexity index is 1030. The average Bonchev–Trinajstić information content (AvgIpc) is 2.86. The summed E-state index contributed by atoms with van der Waals surface area (Å²) < 4.78 is 6.22. The minimum absolute atomic E-state index is 0.00533. The van der Waals surface area contributed by atoms with Crippen molar-refractivity contribution in [3.8, 4) is 5.75 Å². The molecule has 0 saturated carbocycles. The van der Waals surface area contributed by atoms with Crippen LogP contribution in [0, 0.1) is 0 Å². The van der Waals surface area contributed by atoms with E-state index in [4.69, 9.17) is 4.74 Å². The van der Waals surface area contributed by atoms with Gasteiger partial charge in [0, 0.05) is 18.7 Å². The molecule has 0 aromatic heterocycles. The quantitative estimate of drug-likeness (QED) is 0.339. The molecule has 0 radical (unpaired) electrons. The van der Waals surface area contributed by atoms with Gasteiger partial charge in [-0.25, -0.2) is 0 Å². The maximum absolute atomic E-state index is 10.5. The van der Waals surface area contributed by atoms with Gasteiger partial charge in [0.15, 0.2) is 0 Å². The summed E-state index contributed by atoms with van der Waals surface area (Å²) in [7, 11) is 0. The number of ether oxygens (including phenoxy) is 1. The third-order valence-electron chi connectivity index (χ3n) is 5.59. The Labute approximate surface area is 190 Å². The van der Waals surface area contributed by atoms with Crippen LogP contribution in [-0.4, -0.2) is 16.6 Å². The number of nitrogens with zero attached hydrogens (tertiary/aromatic N) is 1. The zero-order chi connectivity index (χ0) is 22.0. The van der Waals surface area contributed by atoms with E-state index in [2.05, 4.69) is 71.6 Å². The minimum atomic E-state index is -0.192. The second-order valence-corrected chi connectivity index (χ2v) is 7.89. The number of aliphatic hydroxyl groups is 1. The van der Waals surface area contributed by atoms with Crippen molar-refractivity contribution in [2.75, 3.05) is 6.61 Å². The zero-order valence-electron chi connectivity index (χ0n) is 18.2. The first-order chi connectivity index (χ1) is 15.8. The van der Waals surface area contributed by atoms with Crippen LogP contribution < -0.4 is 4.74 Å². The van der Waals surface area contributed by atoms with Crippen molar-refractivity contribution in [3.63, 3.8) is 0 Å². The van der Waals surface area contributed by atoms with E-state index in [-0.39, 0.29) is 12.6 Å². The van der Waals surface area contributed by atoms with Gasteiger partial charge in [-0.3, -0.25) is 4.90 Å². The van der Waals surface area contributed by atoms with Crippen molar-refractivity contribution in [3.05, 3.63) is 138 Å². The van der Waals surface area contributed by atoms with Gasteiger partial charge in [0.05, 0.1) is 12.6 Å². The Hall–Kier alpha value is -3.40. The predicted octanol–water partition coefficient (Wildman–Crippen LogP) is 6.00. The monoisotopic (exact) mass is 423 g/mol. The van der Waals surface area contributed by atoms with Crippen molar-refractivity contribution in [1.29, 1.82) is 0 Å². The van der Waals surface area contributed by atoms with Crippen molar-refractivity contribution in [2.24, 2.45) is 0 Å². The van der Waals surface area contributed by atoms with Crippen LogP contribution in [0.1, 0.15) is 28.3 Å². The summed E-state index contributed by atoms with van der Waals surface area (Å²) in [5, 5.41) is 10.5. The van der Waals surface area contributed by atoms with Gasteiger partial charge in [-0.15, -0.1) is 0 Å². The number of benzene rings is 4. The lowest BCUT2D eigenvalue weighted by atomic mass is 10.0. The number of hydrogen-bond acceptors (Lipinski definition) is 3. The zero-order valence-corrected chi connectivity index (χ0v) is 18.2. The molecule has 0 fully saturated rings. The van der Waals surface area contributed by atoms with Gasteiger partial charge in [0.25, 0.3) is 0 Å². The molecule has 1 atom stereocenters. The summed E-state index contributed by atoms with van der Waals surface area (Å²) in [5.41, 5.74) is 4.54. The minimum Gasteiger partial charge on any atom is -0.489 e. The molecular formula is C29H29NO2. The molecule has 1 N–H and O–H groups in total. The molecule has 162 valence electrons. The van der Waals surface area contributed by atoms with Crippen molar-refractivity contribution >= 4 is 0 Å². The molecule has 1 unspecified atom stereocenters. The molecule has 0 heterocycles. The van der Waals surface area contributed by atoms with E-state index >= 15 is 0 Å². The summed E-state index contributed by atoms with van der Waals surface area (Å²) in [5.74, 6) is 0.807. The predicted molar refractivity (Wildman–Crippen MR) is 129 cm³/mol. The number of hydrogen-bond donors (Lipinski definition) is 1. The standard InChI is InChI=1S/C29H29NO2/c31-22-28(27-18-10-11-19-29(27)32-23-26-16-8-3-9-17-26)30(20-24-12-4-1-5-13-24)21-25-14-6-2-7-15-25/h1-19,28,31H,20-23H2. The molecule has 32 heavy (non-hydrogen) atoms. The molecule has 4 aromatic carbocycles.